The summed E-state index contributed by atoms with van der Waals surface area (Å²) in [7, 11) is 0. The van der Waals surface area contributed by atoms with Crippen LogP contribution in [-0.4, -0.2) is 6.67 Å². The minimum Gasteiger partial charge on any atom is -0.402 e. The normalized spacial score (nSPS) is 11.3. The maximum Gasteiger partial charge on any atom is 0.113 e. The molecule has 0 saturated heterocycles. The van der Waals surface area contributed by atoms with E-state index >= 15 is 0 Å². The maximum atomic E-state index is 5.13. The molecule has 0 spiro atoms. The summed E-state index contributed by atoms with van der Waals surface area (Å²) in [6.45, 7) is 0.319. The van der Waals surface area contributed by atoms with E-state index in [1.165, 1.54) is 6.20 Å². The Morgan fingerprint density at radius 1 is 1.71 bits per heavy atom. The lowest BCUT2D eigenvalue weighted by molar-refractivity contribution is 0.811. The van der Waals surface area contributed by atoms with Crippen molar-refractivity contribution in [3.63, 3.8) is 0 Å². The summed E-state index contributed by atoms with van der Waals surface area (Å²) in [5.74, 6) is 0.405. The lowest BCUT2D eigenvalue weighted by Crippen LogP contribution is -2.27. The second kappa shape index (κ2) is 3.30. The van der Waals surface area contributed by atoms with Crippen molar-refractivity contribution in [1.82, 2.24) is 5.32 Å². The van der Waals surface area contributed by atoms with Crippen LogP contribution in [-0.2, 0) is 0 Å². The Hall–Kier alpha value is -0.900. The van der Waals surface area contributed by atoms with Gasteiger partial charge in [0.2, 0.25) is 0 Å². The van der Waals surface area contributed by atoms with Crippen molar-refractivity contribution in [3.8, 4) is 0 Å². The first-order valence-corrected chi connectivity index (χ1v) is 1.92. The van der Waals surface area contributed by atoms with E-state index in [2.05, 4.69) is 5.32 Å². The van der Waals surface area contributed by atoms with Crippen LogP contribution in [0.4, 0.5) is 0 Å². The van der Waals surface area contributed by atoms with E-state index in [-0.39, 0.29) is 0 Å². The SMILES string of the molecule is N/C=C(/N)NCN. The van der Waals surface area contributed by atoms with Gasteiger partial charge in [-0.2, -0.15) is 0 Å². The molecule has 0 aliphatic heterocycles. The van der Waals surface area contributed by atoms with E-state index in [4.69, 9.17) is 17.2 Å². The van der Waals surface area contributed by atoms with Crippen LogP contribution in [0.2, 0.25) is 0 Å². The fraction of sp³-hybridized carbons (Fsp3) is 0.333. The number of hydrogen-bond donors (Lipinski definition) is 4. The summed E-state index contributed by atoms with van der Waals surface area (Å²) in [6.07, 6.45) is 1.26. The van der Waals surface area contributed by atoms with Crippen molar-refractivity contribution in [2.24, 2.45) is 17.2 Å². The molecule has 0 aromatic heterocycles. The third-order valence-electron chi connectivity index (χ3n) is 0.486. The highest BCUT2D eigenvalue weighted by atomic mass is 15.0. The van der Waals surface area contributed by atoms with Crippen LogP contribution in [0.15, 0.2) is 12.0 Å². The average molecular weight is 102 g/mol. The van der Waals surface area contributed by atoms with Crippen LogP contribution >= 0.6 is 0 Å². The van der Waals surface area contributed by atoms with Gasteiger partial charge >= 0.3 is 0 Å². The number of nitrogens with two attached hydrogens (primary N) is 3. The molecule has 0 rings (SSSR count). The zero-order valence-corrected chi connectivity index (χ0v) is 4.02. The Labute approximate surface area is 42.3 Å². The van der Waals surface area contributed by atoms with E-state index in [0.717, 1.165) is 0 Å². The van der Waals surface area contributed by atoms with Gasteiger partial charge in [0.25, 0.3) is 0 Å². The first kappa shape index (κ1) is 6.10. The molecule has 7 heavy (non-hydrogen) atoms. The lowest BCUT2D eigenvalue weighted by Gasteiger charge is -1.97. The molecule has 0 saturated carbocycles. The number of nitrogens with one attached hydrogen (secondary N) is 1. The summed E-state index contributed by atoms with van der Waals surface area (Å²) in [5, 5.41) is 2.59. The molecule has 0 atom stereocenters. The zero-order valence-electron chi connectivity index (χ0n) is 4.02. The van der Waals surface area contributed by atoms with Gasteiger partial charge in [-0.1, -0.05) is 0 Å². The first-order chi connectivity index (χ1) is 3.31. The molecule has 0 aromatic rings. The predicted octanol–water partition coefficient (Wildman–Crippen LogP) is -1.79. The fourth-order valence-electron chi connectivity index (χ4n) is 0.177. The van der Waals surface area contributed by atoms with Gasteiger partial charge in [-0.15, -0.1) is 0 Å². The monoisotopic (exact) mass is 102 g/mol. The standard InChI is InChI=1S/C3H10N4/c4-1-3(6)7-2-5/h1,7H,2,4-6H2/b3-1-. The highest BCUT2D eigenvalue weighted by molar-refractivity contribution is 4.88. The predicted molar refractivity (Wildman–Crippen MR) is 28.6 cm³/mol. The maximum absolute atomic E-state index is 5.13. The van der Waals surface area contributed by atoms with E-state index in [9.17, 15) is 0 Å². The van der Waals surface area contributed by atoms with Crippen LogP contribution in [0, 0.1) is 0 Å². The quantitative estimate of drug-likeness (QED) is 0.310. The van der Waals surface area contributed by atoms with Crippen molar-refractivity contribution in [3.05, 3.63) is 12.0 Å². The van der Waals surface area contributed by atoms with Crippen molar-refractivity contribution < 1.29 is 0 Å². The molecule has 7 N–H and O–H groups in total. The van der Waals surface area contributed by atoms with Crippen molar-refractivity contribution in [2.45, 2.75) is 0 Å². The van der Waals surface area contributed by atoms with Gasteiger partial charge in [-0.05, 0) is 0 Å². The van der Waals surface area contributed by atoms with Crippen molar-refractivity contribution in [2.75, 3.05) is 6.67 Å². The van der Waals surface area contributed by atoms with Crippen LogP contribution < -0.4 is 22.5 Å². The van der Waals surface area contributed by atoms with E-state index < -0.39 is 0 Å². The van der Waals surface area contributed by atoms with Gasteiger partial charge in [0.05, 0.1) is 6.67 Å². The smallest absolute Gasteiger partial charge is 0.113 e. The summed E-state index contributed by atoms with van der Waals surface area (Å²) in [6, 6.07) is 0. The average Bonchev–Trinajstić information content (AvgIpc) is 1.68. The minimum atomic E-state index is 0.319. The molecule has 0 heterocycles. The molecule has 0 amide bonds. The molecule has 0 aromatic carbocycles. The van der Waals surface area contributed by atoms with Crippen molar-refractivity contribution in [1.29, 1.82) is 0 Å². The lowest BCUT2D eigenvalue weighted by atomic mass is 10.7. The third-order valence-corrected chi connectivity index (χ3v) is 0.486. The Morgan fingerprint density at radius 3 is 2.43 bits per heavy atom. The second-order valence-corrected chi connectivity index (χ2v) is 1.00. The van der Waals surface area contributed by atoms with Gasteiger partial charge in [0.15, 0.2) is 0 Å². The molecule has 0 bridgehead atoms. The molecule has 42 valence electrons. The van der Waals surface area contributed by atoms with Crippen LogP contribution in [0.1, 0.15) is 0 Å². The minimum absolute atomic E-state index is 0.319. The molecular weight excluding hydrogens is 92.1 g/mol. The Balaban J connectivity index is 3.17. The molecule has 0 radical (unpaired) electrons. The Bertz CT molecular complexity index is 67.3. The summed E-state index contributed by atoms with van der Waals surface area (Å²) in [5.41, 5.74) is 15.1. The number of rotatable bonds is 2. The topological polar surface area (TPSA) is 90.1 Å². The van der Waals surface area contributed by atoms with E-state index in [0.29, 0.717) is 12.5 Å². The van der Waals surface area contributed by atoms with Crippen LogP contribution in [0.5, 0.6) is 0 Å². The van der Waals surface area contributed by atoms with Gasteiger partial charge in [0.1, 0.15) is 5.82 Å². The second-order valence-electron chi connectivity index (χ2n) is 1.00. The molecular formula is C3H10N4. The molecule has 0 fully saturated rings. The van der Waals surface area contributed by atoms with E-state index in [1.54, 1.807) is 0 Å². The first-order valence-electron chi connectivity index (χ1n) is 1.92. The fourth-order valence-corrected chi connectivity index (χ4v) is 0.177. The van der Waals surface area contributed by atoms with Gasteiger partial charge in [0, 0.05) is 6.20 Å². The largest absolute Gasteiger partial charge is 0.402 e. The van der Waals surface area contributed by atoms with Gasteiger partial charge < -0.3 is 22.5 Å². The van der Waals surface area contributed by atoms with Gasteiger partial charge in [-0.25, -0.2) is 0 Å². The van der Waals surface area contributed by atoms with Crippen LogP contribution in [0.3, 0.4) is 0 Å². The molecule has 4 nitrogen and oxygen atoms in total. The van der Waals surface area contributed by atoms with Gasteiger partial charge in [-0.3, -0.25) is 0 Å². The molecule has 4 heteroatoms. The summed E-state index contributed by atoms with van der Waals surface area (Å²) in [4.78, 5) is 0. The Morgan fingerprint density at radius 2 is 2.29 bits per heavy atom. The molecule has 0 aliphatic carbocycles. The zero-order chi connectivity index (χ0) is 5.70. The highest BCUT2D eigenvalue weighted by Gasteiger charge is 1.76. The summed E-state index contributed by atoms with van der Waals surface area (Å²) >= 11 is 0. The van der Waals surface area contributed by atoms with Crippen molar-refractivity contribution >= 4 is 0 Å². The number of hydrogen-bond acceptors (Lipinski definition) is 4. The Kier molecular flexibility index (Phi) is 2.87. The molecule has 0 aliphatic rings. The molecule has 0 unspecified atom stereocenters. The van der Waals surface area contributed by atoms with Crippen LogP contribution in [0.25, 0.3) is 0 Å². The third kappa shape index (κ3) is 2.92. The highest BCUT2D eigenvalue weighted by Crippen LogP contribution is 1.62. The summed E-state index contributed by atoms with van der Waals surface area (Å²) < 4.78 is 0. The van der Waals surface area contributed by atoms with E-state index in [1.807, 2.05) is 0 Å².